The highest BCUT2D eigenvalue weighted by Crippen LogP contribution is 2.39. The maximum Gasteiger partial charge on any atom is 0.218 e. The van der Waals surface area contributed by atoms with Crippen LogP contribution in [0.15, 0.2) is 6.07 Å². The van der Waals surface area contributed by atoms with Crippen LogP contribution in [-0.4, -0.2) is 34.8 Å². The number of ether oxygens (including phenoxy) is 1. The molecule has 0 unspecified atom stereocenters. The van der Waals surface area contributed by atoms with Gasteiger partial charge < -0.3 is 15.2 Å². The lowest BCUT2D eigenvalue weighted by atomic mass is 10.3. The van der Waals surface area contributed by atoms with E-state index in [2.05, 4.69) is 22.2 Å². The fourth-order valence-electron chi connectivity index (χ4n) is 1.63. The number of rotatable bonds is 8. The number of aliphatic hydroxyl groups is 1. The van der Waals surface area contributed by atoms with E-state index in [4.69, 9.17) is 9.84 Å². The highest BCUT2D eigenvalue weighted by molar-refractivity contribution is 5.39. The van der Waals surface area contributed by atoms with Gasteiger partial charge in [0.2, 0.25) is 5.88 Å². The number of anilines is 1. The molecule has 0 aliphatic heterocycles. The number of aliphatic hydroxyl groups excluding tert-OH is 1. The molecule has 0 radical (unpaired) electrons. The predicted molar refractivity (Wildman–Crippen MR) is 70.0 cm³/mol. The largest absolute Gasteiger partial charge is 0.477 e. The topological polar surface area (TPSA) is 67.3 Å². The number of nitrogens with one attached hydrogen (secondary N) is 1. The monoisotopic (exact) mass is 251 g/mol. The Balaban J connectivity index is 2.03. The quantitative estimate of drug-likeness (QED) is 0.691. The summed E-state index contributed by atoms with van der Waals surface area (Å²) in [5.74, 6) is 2.84. The van der Waals surface area contributed by atoms with Gasteiger partial charge in [0.05, 0.1) is 6.61 Å². The van der Waals surface area contributed by atoms with Crippen LogP contribution in [-0.2, 0) is 0 Å². The molecule has 1 saturated carbocycles. The van der Waals surface area contributed by atoms with Gasteiger partial charge in [-0.25, -0.2) is 4.98 Å². The first-order valence-corrected chi connectivity index (χ1v) is 6.70. The molecule has 2 rings (SSSR count). The van der Waals surface area contributed by atoms with E-state index < -0.39 is 0 Å². The summed E-state index contributed by atoms with van der Waals surface area (Å²) < 4.78 is 5.53. The summed E-state index contributed by atoms with van der Waals surface area (Å²) in [5.41, 5.74) is 0. The van der Waals surface area contributed by atoms with Gasteiger partial charge in [-0.1, -0.05) is 6.92 Å². The van der Waals surface area contributed by atoms with E-state index in [-0.39, 0.29) is 6.61 Å². The number of aromatic nitrogens is 2. The maximum atomic E-state index is 8.74. The molecule has 0 aromatic carbocycles. The minimum absolute atomic E-state index is 0.140. The van der Waals surface area contributed by atoms with Crippen molar-refractivity contribution in [2.24, 2.45) is 0 Å². The summed E-state index contributed by atoms with van der Waals surface area (Å²) >= 11 is 0. The summed E-state index contributed by atoms with van der Waals surface area (Å²) in [5, 5.41) is 12.0. The lowest BCUT2D eigenvalue weighted by molar-refractivity contribution is 0.229. The average Bonchev–Trinajstić information content (AvgIpc) is 3.21. The fourth-order valence-corrected chi connectivity index (χ4v) is 1.63. The lowest BCUT2D eigenvalue weighted by Gasteiger charge is -2.10. The van der Waals surface area contributed by atoms with Gasteiger partial charge in [0.15, 0.2) is 0 Å². The van der Waals surface area contributed by atoms with Crippen molar-refractivity contribution in [3.05, 3.63) is 11.9 Å². The minimum atomic E-state index is 0.140. The molecule has 100 valence electrons. The van der Waals surface area contributed by atoms with Crippen molar-refractivity contribution < 1.29 is 9.84 Å². The van der Waals surface area contributed by atoms with E-state index in [1.807, 2.05) is 6.07 Å². The van der Waals surface area contributed by atoms with Gasteiger partial charge in [0, 0.05) is 31.6 Å². The van der Waals surface area contributed by atoms with Crippen molar-refractivity contribution in [2.75, 3.05) is 25.1 Å². The average molecular weight is 251 g/mol. The molecular weight excluding hydrogens is 230 g/mol. The number of nitrogens with zero attached hydrogens (tertiary/aromatic N) is 2. The lowest BCUT2D eigenvalue weighted by Crippen LogP contribution is -2.08. The van der Waals surface area contributed by atoms with Crippen LogP contribution in [0.1, 0.15) is 44.3 Å². The summed E-state index contributed by atoms with van der Waals surface area (Å²) in [6, 6.07) is 1.83. The van der Waals surface area contributed by atoms with Gasteiger partial charge in [-0.15, -0.1) is 0 Å². The smallest absolute Gasteiger partial charge is 0.218 e. The van der Waals surface area contributed by atoms with Gasteiger partial charge in [0.1, 0.15) is 11.6 Å². The molecule has 1 aliphatic carbocycles. The van der Waals surface area contributed by atoms with Gasteiger partial charge in [0.25, 0.3) is 0 Å². The molecule has 0 atom stereocenters. The first kappa shape index (κ1) is 13.1. The molecular formula is C13H21N3O2. The molecule has 1 aromatic rings. The first-order chi connectivity index (χ1) is 8.83. The molecule has 1 fully saturated rings. The van der Waals surface area contributed by atoms with Gasteiger partial charge >= 0.3 is 0 Å². The van der Waals surface area contributed by atoms with Crippen LogP contribution in [0.25, 0.3) is 0 Å². The van der Waals surface area contributed by atoms with Gasteiger partial charge in [-0.3, -0.25) is 0 Å². The summed E-state index contributed by atoms with van der Waals surface area (Å²) in [4.78, 5) is 8.93. The van der Waals surface area contributed by atoms with Crippen molar-refractivity contribution in [3.8, 4) is 5.88 Å². The van der Waals surface area contributed by atoms with E-state index in [0.717, 1.165) is 24.6 Å². The Labute approximate surface area is 108 Å². The summed E-state index contributed by atoms with van der Waals surface area (Å²) in [6.45, 7) is 3.65. The zero-order chi connectivity index (χ0) is 12.8. The second kappa shape index (κ2) is 6.54. The van der Waals surface area contributed by atoms with E-state index in [0.29, 0.717) is 24.8 Å². The fraction of sp³-hybridized carbons (Fsp3) is 0.692. The Morgan fingerprint density at radius 1 is 1.44 bits per heavy atom. The van der Waals surface area contributed by atoms with Crippen LogP contribution < -0.4 is 10.1 Å². The van der Waals surface area contributed by atoms with Crippen molar-refractivity contribution in [3.63, 3.8) is 0 Å². The van der Waals surface area contributed by atoms with Crippen LogP contribution in [0.4, 0.5) is 5.82 Å². The Kier molecular flexibility index (Phi) is 4.75. The number of hydrogen-bond acceptors (Lipinski definition) is 5. The highest BCUT2D eigenvalue weighted by Gasteiger charge is 2.27. The molecule has 2 N–H and O–H groups in total. The van der Waals surface area contributed by atoms with E-state index in [1.165, 1.54) is 12.8 Å². The van der Waals surface area contributed by atoms with E-state index >= 15 is 0 Å². The Hall–Kier alpha value is -1.36. The molecule has 0 saturated heterocycles. The molecule has 18 heavy (non-hydrogen) atoms. The Morgan fingerprint density at radius 2 is 2.28 bits per heavy atom. The first-order valence-electron chi connectivity index (χ1n) is 6.70. The van der Waals surface area contributed by atoms with Crippen LogP contribution in [0.5, 0.6) is 5.88 Å². The minimum Gasteiger partial charge on any atom is -0.477 e. The van der Waals surface area contributed by atoms with Crippen LogP contribution >= 0.6 is 0 Å². The third-order valence-electron chi connectivity index (χ3n) is 2.77. The molecule has 5 nitrogen and oxygen atoms in total. The summed E-state index contributed by atoms with van der Waals surface area (Å²) in [7, 11) is 0. The molecule has 1 heterocycles. The normalized spacial score (nSPS) is 14.6. The Bertz CT molecular complexity index is 380. The molecule has 1 aliphatic rings. The zero-order valence-corrected chi connectivity index (χ0v) is 10.9. The molecule has 0 spiro atoms. The maximum absolute atomic E-state index is 8.74. The van der Waals surface area contributed by atoms with E-state index in [1.54, 1.807) is 0 Å². The van der Waals surface area contributed by atoms with Crippen molar-refractivity contribution in [1.82, 2.24) is 9.97 Å². The van der Waals surface area contributed by atoms with Gasteiger partial charge in [-0.2, -0.15) is 4.98 Å². The molecule has 0 amide bonds. The van der Waals surface area contributed by atoms with Gasteiger partial charge in [-0.05, 0) is 19.3 Å². The standard InChI is InChI=1S/C13H21N3O2/c1-2-6-14-11-9-12(18-8-3-7-17)16-13(15-11)10-4-5-10/h9-10,17H,2-8H2,1H3,(H,14,15,16). The van der Waals surface area contributed by atoms with E-state index in [9.17, 15) is 0 Å². The SMILES string of the molecule is CCCNc1cc(OCCCO)nc(C2CC2)n1. The number of hydrogen-bond donors (Lipinski definition) is 2. The van der Waals surface area contributed by atoms with Crippen LogP contribution in [0.3, 0.4) is 0 Å². The molecule has 1 aromatic heterocycles. The third kappa shape index (κ3) is 3.84. The van der Waals surface area contributed by atoms with Crippen molar-refractivity contribution >= 4 is 5.82 Å². The van der Waals surface area contributed by atoms with Crippen molar-refractivity contribution in [1.29, 1.82) is 0 Å². The highest BCUT2D eigenvalue weighted by atomic mass is 16.5. The molecule has 0 bridgehead atoms. The second-order valence-electron chi connectivity index (χ2n) is 4.58. The zero-order valence-electron chi connectivity index (χ0n) is 10.9. The van der Waals surface area contributed by atoms with Crippen molar-refractivity contribution in [2.45, 2.75) is 38.5 Å². The summed E-state index contributed by atoms with van der Waals surface area (Å²) in [6.07, 6.45) is 4.03. The molecule has 5 heteroatoms. The predicted octanol–water partition coefficient (Wildman–Crippen LogP) is 1.94. The Morgan fingerprint density at radius 3 is 2.94 bits per heavy atom. The van der Waals surface area contributed by atoms with Crippen LogP contribution in [0.2, 0.25) is 0 Å². The van der Waals surface area contributed by atoms with Crippen LogP contribution in [0, 0.1) is 0 Å². The third-order valence-corrected chi connectivity index (χ3v) is 2.77. The second-order valence-corrected chi connectivity index (χ2v) is 4.58.